The summed E-state index contributed by atoms with van der Waals surface area (Å²) in [5.41, 5.74) is 9.55. The topological polar surface area (TPSA) is 76.7 Å². The molecule has 132 valence electrons. The van der Waals surface area contributed by atoms with E-state index in [1.165, 1.54) is 12.7 Å². The summed E-state index contributed by atoms with van der Waals surface area (Å²) in [7, 11) is 1.36. The number of anilines is 1. The van der Waals surface area contributed by atoms with Crippen LogP contribution >= 0.6 is 0 Å². The molecule has 0 aromatic heterocycles. The molecule has 5 nitrogen and oxygen atoms in total. The van der Waals surface area contributed by atoms with E-state index in [-0.39, 0.29) is 5.97 Å². The molecule has 2 rings (SSSR count). The van der Waals surface area contributed by atoms with Crippen LogP contribution in [0.1, 0.15) is 47.7 Å². The van der Waals surface area contributed by atoms with Crippen molar-refractivity contribution in [2.75, 3.05) is 12.4 Å². The first-order chi connectivity index (χ1) is 12.0. The van der Waals surface area contributed by atoms with E-state index in [2.05, 4.69) is 36.3 Å². The first kappa shape index (κ1) is 18.5. The van der Waals surface area contributed by atoms with E-state index in [9.17, 15) is 4.79 Å². The van der Waals surface area contributed by atoms with Gasteiger partial charge in [0.15, 0.2) is 5.96 Å². The van der Waals surface area contributed by atoms with Gasteiger partial charge in [0.1, 0.15) is 0 Å². The molecule has 1 unspecified atom stereocenters. The predicted molar refractivity (Wildman–Crippen MR) is 102 cm³/mol. The molecule has 1 atom stereocenters. The second kappa shape index (κ2) is 8.87. The zero-order valence-corrected chi connectivity index (χ0v) is 15.0. The Balaban J connectivity index is 1.99. The molecule has 5 heteroatoms. The lowest BCUT2D eigenvalue weighted by atomic mass is 9.99. The lowest BCUT2D eigenvalue weighted by Gasteiger charge is -2.11. The van der Waals surface area contributed by atoms with E-state index in [1.54, 1.807) is 18.2 Å². The number of nitrogens with zero attached hydrogens (tertiary/aromatic N) is 1. The van der Waals surface area contributed by atoms with E-state index in [1.807, 2.05) is 18.2 Å². The average molecular weight is 339 g/mol. The highest BCUT2D eigenvalue weighted by Gasteiger charge is 2.06. The molecular formula is C20H25N3O2. The summed E-state index contributed by atoms with van der Waals surface area (Å²) in [6.07, 6.45) is 1.11. The van der Waals surface area contributed by atoms with E-state index in [0.29, 0.717) is 24.0 Å². The van der Waals surface area contributed by atoms with Crippen molar-refractivity contribution in [3.63, 3.8) is 0 Å². The van der Waals surface area contributed by atoms with Crippen molar-refractivity contribution >= 4 is 17.6 Å². The summed E-state index contributed by atoms with van der Waals surface area (Å²) in [6.45, 7) is 4.77. The summed E-state index contributed by atoms with van der Waals surface area (Å²) in [6, 6.07) is 15.4. The van der Waals surface area contributed by atoms with Gasteiger partial charge in [-0.25, -0.2) is 9.79 Å². The molecule has 0 aliphatic heterocycles. The first-order valence-electron chi connectivity index (χ1n) is 8.37. The van der Waals surface area contributed by atoms with Gasteiger partial charge in [0.25, 0.3) is 0 Å². The van der Waals surface area contributed by atoms with E-state index < -0.39 is 0 Å². The highest BCUT2D eigenvalue weighted by molar-refractivity contribution is 5.92. The second-order valence-corrected chi connectivity index (χ2v) is 5.95. The summed E-state index contributed by atoms with van der Waals surface area (Å²) < 4.78 is 4.72. The number of hydrogen-bond acceptors (Lipinski definition) is 3. The smallest absolute Gasteiger partial charge is 0.337 e. The van der Waals surface area contributed by atoms with Gasteiger partial charge in [0, 0.05) is 5.69 Å². The molecule has 3 N–H and O–H groups in total. The fraction of sp³-hybridized carbons (Fsp3) is 0.300. The van der Waals surface area contributed by atoms with Crippen LogP contribution in [-0.4, -0.2) is 19.0 Å². The van der Waals surface area contributed by atoms with Crippen LogP contribution in [0.15, 0.2) is 53.5 Å². The minimum absolute atomic E-state index is 0.333. The number of nitrogens with one attached hydrogen (secondary N) is 1. The van der Waals surface area contributed by atoms with Crippen LogP contribution in [0.4, 0.5) is 5.69 Å². The van der Waals surface area contributed by atoms with Gasteiger partial charge >= 0.3 is 5.97 Å². The van der Waals surface area contributed by atoms with Crippen molar-refractivity contribution in [2.45, 2.75) is 32.7 Å². The second-order valence-electron chi connectivity index (χ2n) is 5.95. The largest absolute Gasteiger partial charge is 0.465 e. The quantitative estimate of drug-likeness (QED) is 0.475. The molecule has 0 saturated carbocycles. The van der Waals surface area contributed by atoms with Gasteiger partial charge in [-0.2, -0.15) is 0 Å². The number of methoxy groups -OCH3 is 1. The molecule has 0 bridgehead atoms. The van der Waals surface area contributed by atoms with Gasteiger partial charge < -0.3 is 15.8 Å². The Morgan fingerprint density at radius 2 is 1.96 bits per heavy atom. The molecule has 0 heterocycles. The van der Waals surface area contributed by atoms with Gasteiger partial charge in [-0.15, -0.1) is 0 Å². The third-order valence-electron chi connectivity index (χ3n) is 4.14. The number of aliphatic imine (C=N–C) groups is 1. The predicted octanol–water partition coefficient (Wildman–Crippen LogP) is 3.91. The molecular weight excluding hydrogens is 314 g/mol. The van der Waals surface area contributed by atoms with Gasteiger partial charge in [-0.1, -0.05) is 38.1 Å². The summed E-state index contributed by atoms with van der Waals surface area (Å²) in [4.78, 5) is 15.9. The highest BCUT2D eigenvalue weighted by atomic mass is 16.5. The number of ether oxygens (including phenoxy) is 1. The number of benzene rings is 2. The van der Waals surface area contributed by atoms with Crippen LogP contribution in [0.3, 0.4) is 0 Å². The summed E-state index contributed by atoms with van der Waals surface area (Å²) in [5, 5.41) is 3.08. The average Bonchev–Trinajstić information content (AvgIpc) is 2.66. The molecule has 2 aromatic rings. The van der Waals surface area contributed by atoms with Gasteiger partial charge in [0.2, 0.25) is 0 Å². The third-order valence-corrected chi connectivity index (χ3v) is 4.14. The van der Waals surface area contributed by atoms with Crippen molar-refractivity contribution < 1.29 is 9.53 Å². The fourth-order valence-corrected chi connectivity index (χ4v) is 2.41. The van der Waals surface area contributed by atoms with Crippen LogP contribution in [0.5, 0.6) is 0 Å². The molecule has 0 spiro atoms. The number of carbonyl (C=O) groups is 1. The number of carbonyl (C=O) groups excluding carboxylic acids is 1. The number of hydrogen-bond donors (Lipinski definition) is 2. The lowest BCUT2D eigenvalue weighted by Crippen LogP contribution is -2.22. The maximum absolute atomic E-state index is 11.5. The van der Waals surface area contributed by atoms with Crippen molar-refractivity contribution in [2.24, 2.45) is 10.7 Å². The van der Waals surface area contributed by atoms with E-state index >= 15 is 0 Å². The SMILES string of the molecule is CCC(C)c1ccc(NC(N)=NCc2cccc(C(=O)OC)c2)cc1. The normalized spacial score (nSPS) is 12.5. The van der Waals surface area contributed by atoms with Gasteiger partial charge in [-0.3, -0.25) is 0 Å². The molecule has 2 aromatic carbocycles. The van der Waals surface area contributed by atoms with Crippen LogP contribution in [0, 0.1) is 0 Å². The Kier molecular flexibility index (Phi) is 6.57. The van der Waals surface area contributed by atoms with E-state index in [4.69, 9.17) is 10.5 Å². The van der Waals surface area contributed by atoms with Crippen LogP contribution in [0.2, 0.25) is 0 Å². The fourth-order valence-electron chi connectivity index (χ4n) is 2.41. The third kappa shape index (κ3) is 5.35. The Labute approximate surface area is 148 Å². The Bertz CT molecular complexity index is 739. The molecule has 0 fully saturated rings. The van der Waals surface area contributed by atoms with Crippen LogP contribution in [0.25, 0.3) is 0 Å². The Morgan fingerprint density at radius 3 is 2.60 bits per heavy atom. The molecule has 0 saturated heterocycles. The monoisotopic (exact) mass is 339 g/mol. The number of rotatable bonds is 6. The molecule has 25 heavy (non-hydrogen) atoms. The standard InChI is InChI=1S/C20H25N3O2/c1-4-14(2)16-8-10-18(11-9-16)23-20(21)22-13-15-6-5-7-17(12-15)19(24)25-3/h5-12,14H,4,13H2,1-3H3,(H3,21,22,23). The lowest BCUT2D eigenvalue weighted by molar-refractivity contribution is 0.0600. The maximum atomic E-state index is 11.5. The van der Waals surface area contributed by atoms with Crippen LogP contribution < -0.4 is 11.1 Å². The summed E-state index contributed by atoms with van der Waals surface area (Å²) in [5.74, 6) is 0.514. The molecule has 0 aliphatic carbocycles. The highest BCUT2D eigenvalue weighted by Crippen LogP contribution is 2.20. The molecule has 0 amide bonds. The molecule has 0 aliphatic rings. The van der Waals surface area contributed by atoms with Gasteiger partial charge in [-0.05, 0) is 47.7 Å². The minimum atomic E-state index is -0.363. The van der Waals surface area contributed by atoms with Crippen molar-refractivity contribution in [3.8, 4) is 0 Å². The van der Waals surface area contributed by atoms with Crippen molar-refractivity contribution in [1.82, 2.24) is 0 Å². The molecule has 0 radical (unpaired) electrons. The first-order valence-corrected chi connectivity index (χ1v) is 8.37. The van der Waals surface area contributed by atoms with E-state index in [0.717, 1.165) is 17.7 Å². The zero-order chi connectivity index (χ0) is 18.2. The number of esters is 1. The Hall–Kier alpha value is -2.82. The number of nitrogens with two attached hydrogens (primary N) is 1. The Morgan fingerprint density at radius 1 is 1.24 bits per heavy atom. The van der Waals surface area contributed by atoms with Crippen LogP contribution in [-0.2, 0) is 11.3 Å². The van der Waals surface area contributed by atoms with Crippen molar-refractivity contribution in [1.29, 1.82) is 0 Å². The minimum Gasteiger partial charge on any atom is -0.465 e. The van der Waals surface area contributed by atoms with Gasteiger partial charge in [0.05, 0.1) is 19.2 Å². The maximum Gasteiger partial charge on any atom is 0.337 e. The zero-order valence-electron chi connectivity index (χ0n) is 15.0. The summed E-state index contributed by atoms with van der Waals surface area (Å²) >= 11 is 0. The van der Waals surface area contributed by atoms with Crippen molar-refractivity contribution in [3.05, 3.63) is 65.2 Å². The number of guanidine groups is 1.